The minimum absolute atomic E-state index is 0.0693. The third-order valence-corrected chi connectivity index (χ3v) is 5.00. The molecule has 1 amide bonds. The van der Waals surface area contributed by atoms with Crippen molar-refractivity contribution in [2.24, 2.45) is 0 Å². The van der Waals surface area contributed by atoms with Crippen molar-refractivity contribution in [3.8, 4) is 0 Å². The van der Waals surface area contributed by atoms with E-state index in [1.807, 2.05) is 11.8 Å². The Balaban J connectivity index is 1.46. The Morgan fingerprint density at radius 3 is 2.92 bits per heavy atom. The number of fused-ring (bicyclic) bond motifs is 1. The molecule has 1 aromatic carbocycles. The predicted molar refractivity (Wildman–Crippen MR) is 89.6 cm³/mol. The second kappa shape index (κ2) is 6.31. The molecule has 3 aromatic rings. The number of halogens is 1. The molecule has 1 fully saturated rings. The first-order valence-corrected chi connectivity index (χ1v) is 8.42. The number of H-pyrrole nitrogens is 1. The van der Waals surface area contributed by atoms with Gasteiger partial charge in [-0.05, 0) is 43.5 Å². The van der Waals surface area contributed by atoms with Crippen molar-refractivity contribution in [2.75, 3.05) is 13.1 Å². The van der Waals surface area contributed by atoms with Crippen molar-refractivity contribution >= 4 is 16.8 Å². The predicted octanol–water partition coefficient (Wildman–Crippen LogP) is 2.95. The number of benzene rings is 1. The van der Waals surface area contributed by atoms with Crippen LogP contribution in [0, 0.1) is 12.7 Å². The number of amides is 1. The highest BCUT2D eigenvalue weighted by Gasteiger charge is 2.27. The average Bonchev–Trinajstić information content (AvgIpc) is 3.24. The van der Waals surface area contributed by atoms with Gasteiger partial charge in [-0.15, -0.1) is 0 Å². The van der Waals surface area contributed by atoms with E-state index in [1.54, 1.807) is 6.07 Å². The molecule has 1 saturated heterocycles. The largest absolute Gasteiger partial charge is 0.358 e. The van der Waals surface area contributed by atoms with Crippen LogP contribution in [-0.4, -0.2) is 39.0 Å². The molecule has 0 radical (unpaired) electrons. The van der Waals surface area contributed by atoms with Gasteiger partial charge in [-0.1, -0.05) is 5.16 Å². The first kappa shape index (κ1) is 15.8. The van der Waals surface area contributed by atoms with Crippen LogP contribution in [0.5, 0.6) is 0 Å². The molecule has 2 aromatic heterocycles. The van der Waals surface area contributed by atoms with Gasteiger partial charge in [0.05, 0.1) is 6.42 Å². The summed E-state index contributed by atoms with van der Waals surface area (Å²) in [6, 6.07) is 4.62. The molecule has 0 spiro atoms. The lowest BCUT2D eigenvalue weighted by Crippen LogP contribution is -2.39. The third kappa shape index (κ3) is 3.01. The quantitative estimate of drug-likeness (QED) is 0.794. The van der Waals surface area contributed by atoms with Gasteiger partial charge in [0.2, 0.25) is 12.3 Å². The zero-order chi connectivity index (χ0) is 17.4. The number of likely N-dealkylation sites (tertiary alicyclic amines) is 1. The van der Waals surface area contributed by atoms with Crippen LogP contribution < -0.4 is 0 Å². The monoisotopic (exact) mass is 342 g/mol. The molecule has 1 aliphatic rings. The molecule has 7 heteroatoms. The number of aromatic amines is 1. The summed E-state index contributed by atoms with van der Waals surface area (Å²) >= 11 is 0. The van der Waals surface area contributed by atoms with Gasteiger partial charge in [0.25, 0.3) is 0 Å². The smallest absolute Gasteiger partial charge is 0.227 e. The number of aryl methyl sites for hydroxylation is 1. The van der Waals surface area contributed by atoms with Crippen LogP contribution >= 0.6 is 0 Å². The molecule has 4 rings (SSSR count). The molecule has 3 heterocycles. The molecular formula is C18H19FN4O2. The van der Waals surface area contributed by atoms with E-state index >= 15 is 0 Å². The molecule has 0 unspecified atom stereocenters. The summed E-state index contributed by atoms with van der Waals surface area (Å²) in [5.41, 5.74) is 2.65. The Labute approximate surface area is 144 Å². The Hall–Kier alpha value is -2.70. The lowest BCUT2D eigenvalue weighted by molar-refractivity contribution is -0.131. The fraction of sp³-hybridized carbons (Fsp3) is 0.389. The molecule has 25 heavy (non-hydrogen) atoms. The number of carbonyl (C=O) groups is 1. The summed E-state index contributed by atoms with van der Waals surface area (Å²) < 4.78 is 18.4. The minimum Gasteiger partial charge on any atom is -0.358 e. The summed E-state index contributed by atoms with van der Waals surface area (Å²) in [6.45, 7) is 3.27. The van der Waals surface area contributed by atoms with Gasteiger partial charge in [0.15, 0.2) is 5.82 Å². The van der Waals surface area contributed by atoms with E-state index in [0.29, 0.717) is 13.1 Å². The average molecular weight is 342 g/mol. The highest BCUT2D eigenvalue weighted by atomic mass is 19.1. The zero-order valence-corrected chi connectivity index (χ0v) is 14.0. The second-order valence-electron chi connectivity index (χ2n) is 6.54. The highest BCUT2D eigenvalue weighted by molar-refractivity contribution is 5.90. The van der Waals surface area contributed by atoms with Gasteiger partial charge >= 0.3 is 0 Å². The number of nitrogens with one attached hydrogen (secondary N) is 1. The van der Waals surface area contributed by atoms with Crippen LogP contribution in [0.2, 0.25) is 0 Å². The number of piperidine rings is 1. The third-order valence-electron chi connectivity index (χ3n) is 5.00. The standard InChI is InChI=1S/C18H19FN4O2/c1-11-14(15-8-13(19)2-3-16(15)21-11)9-17(24)23-6-4-12(5-7-23)18-20-10-25-22-18/h2-3,8,10,12,21H,4-7,9H2,1H3. The molecule has 0 atom stereocenters. The number of rotatable bonds is 3. The maximum Gasteiger partial charge on any atom is 0.227 e. The highest BCUT2D eigenvalue weighted by Crippen LogP contribution is 2.27. The Morgan fingerprint density at radius 2 is 2.20 bits per heavy atom. The molecule has 6 nitrogen and oxygen atoms in total. The Kier molecular flexibility index (Phi) is 3.99. The van der Waals surface area contributed by atoms with Gasteiger partial charge in [-0.2, -0.15) is 4.98 Å². The van der Waals surface area contributed by atoms with Crippen molar-refractivity contribution in [3.05, 3.63) is 47.5 Å². The van der Waals surface area contributed by atoms with Crippen LogP contribution in [0.25, 0.3) is 10.9 Å². The number of hydrogen-bond donors (Lipinski definition) is 1. The normalized spacial score (nSPS) is 15.8. The van der Waals surface area contributed by atoms with Gasteiger partial charge in [-0.25, -0.2) is 4.39 Å². The molecule has 1 aliphatic heterocycles. The first-order chi connectivity index (χ1) is 12.1. The van der Waals surface area contributed by atoms with E-state index in [9.17, 15) is 9.18 Å². The van der Waals surface area contributed by atoms with Crippen LogP contribution in [0.1, 0.15) is 35.8 Å². The van der Waals surface area contributed by atoms with E-state index in [1.165, 1.54) is 18.5 Å². The molecule has 0 aliphatic carbocycles. The SMILES string of the molecule is Cc1[nH]c2ccc(F)cc2c1CC(=O)N1CCC(c2ncon2)CC1. The Bertz CT molecular complexity index is 895. The van der Waals surface area contributed by atoms with Crippen molar-refractivity contribution in [3.63, 3.8) is 0 Å². The number of aromatic nitrogens is 3. The summed E-state index contributed by atoms with van der Waals surface area (Å²) in [4.78, 5) is 21.9. The van der Waals surface area contributed by atoms with Crippen molar-refractivity contribution in [1.82, 2.24) is 20.0 Å². The van der Waals surface area contributed by atoms with E-state index in [4.69, 9.17) is 4.52 Å². The topological polar surface area (TPSA) is 75.0 Å². The van der Waals surface area contributed by atoms with E-state index in [-0.39, 0.29) is 24.1 Å². The van der Waals surface area contributed by atoms with E-state index < -0.39 is 0 Å². The van der Waals surface area contributed by atoms with Gasteiger partial charge < -0.3 is 14.4 Å². The van der Waals surface area contributed by atoms with Crippen LogP contribution in [0.3, 0.4) is 0 Å². The first-order valence-electron chi connectivity index (χ1n) is 8.42. The van der Waals surface area contributed by atoms with E-state index in [0.717, 1.165) is 40.8 Å². The van der Waals surface area contributed by atoms with Crippen molar-refractivity contribution in [2.45, 2.75) is 32.1 Å². The molecular weight excluding hydrogens is 323 g/mol. The fourth-order valence-electron chi connectivity index (χ4n) is 3.59. The maximum absolute atomic E-state index is 13.6. The lowest BCUT2D eigenvalue weighted by atomic mass is 9.95. The van der Waals surface area contributed by atoms with Crippen molar-refractivity contribution in [1.29, 1.82) is 0 Å². The zero-order valence-electron chi connectivity index (χ0n) is 14.0. The summed E-state index contributed by atoms with van der Waals surface area (Å²) in [7, 11) is 0. The van der Waals surface area contributed by atoms with Gasteiger partial charge in [0, 0.05) is 35.6 Å². The second-order valence-corrected chi connectivity index (χ2v) is 6.54. The summed E-state index contributed by atoms with van der Waals surface area (Å²) in [5, 5.41) is 4.68. The molecule has 0 saturated carbocycles. The van der Waals surface area contributed by atoms with E-state index in [2.05, 4.69) is 15.1 Å². The lowest BCUT2D eigenvalue weighted by Gasteiger charge is -2.30. The molecule has 130 valence electrons. The Morgan fingerprint density at radius 1 is 1.40 bits per heavy atom. The number of hydrogen-bond acceptors (Lipinski definition) is 4. The fourth-order valence-corrected chi connectivity index (χ4v) is 3.59. The minimum atomic E-state index is -0.291. The van der Waals surface area contributed by atoms with Gasteiger partial charge in [-0.3, -0.25) is 4.79 Å². The van der Waals surface area contributed by atoms with Crippen LogP contribution in [0.15, 0.2) is 29.1 Å². The number of nitrogens with zero attached hydrogens (tertiary/aromatic N) is 3. The summed E-state index contributed by atoms with van der Waals surface area (Å²) in [5.74, 6) is 0.739. The maximum atomic E-state index is 13.6. The molecule has 0 bridgehead atoms. The summed E-state index contributed by atoms with van der Waals surface area (Å²) in [6.07, 6.45) is 3.27. The van der Waals surface area contributed by atoms with Crippen molar-refractivity contribution < 1.29 is 13.7 Å². The van der Waals surface area contributed by atoms with Crippen LogP contribution in [0.4, 0.5) is 4.39 Å². The van der Waals surface area contributed by atoms with Crippen LogP contribution in [-0.2, 0) is 11.2 Å². The van der Waals surface area contributed by atoms with Gasteiger partial charge in [0.1, 0.15) is 5.82 Å². The molecule has 1 N–H and O–H groups in total. The number of carbonyl (C=O) groups excluding carboxylic acids is 1.